The van der Waals surface area contributed by atoms with Crippen molar-refractivity contribution in [3.8, 4) is 0 Å². The number of aryl methyl sites for hydroxylation is 1. The van der Waals surface area contributed by atoms with Crippen LogP contribution in [0.5, 0.6) is 0 Å². The molecule has 0 bridgehead atoms. The van der Waals surface area contributed by atoms with E-state index in [1.807, 2.05) is 31.4 Å². The Balaban J connectivity index is 1.97. The van der Waals surface area contributed by atoms with E-state index in [1.165, 1.54) is 11.3 Å². The van der Waals surface area contributed by atoms with Crippen LogP contribution in [-0.2, 0) is 11.2 Å². The fourth-order valence-electron chi connectivity index (χ4n) is 1.58. The largest absolute Gasteiger partial charge is 0.322 e. The molecule has 0 fully saturated rings. The van der Waals surface area contributed by atoms with Crippen LogP contribution in [-0.4, -0.2) is 15.9 Å². The summed E-state index contributed by atoms with van der Waals surface area (Å²) in [6.07, 6.45) is 0.235. The molecule has 1 unspecified atom stereocenters. The summed E-state index contributed by atoms with van der Waals surface area (Å²) in [6.45, 7) is 3.75. The Hall–Kier alpha value is -1.79. The molecule has 0 saturated heterocycles. The molecular weight excluding hydrogens is 260 g/mol. The Morgan fingerprint density at radius 3 is 2.89 bits per heavy atom. The molecule has 2 heterocycles. The van der Waals surface area contributed by atoms with Gasteiger partial charge in [-0.2, -0.15) is 0 Å². The zero-order valence-corrected chi connectivity index (χ0v) is 11.7. The average Bonchev–Trinajstić information content (AvgIpc) is 2.77. The van der Waals surface area contributed by atoms with Gasteiger partial charge in [0.2, 0.25) is 5.91 Å². The Kier molecular flexibility index (Phi) is 4.24. The Labute approximate surface area is 115 Å². The summed E-state index contributed by atoms with van der Waals surface area (Å²) in [5.74, 6) is 0.437. The number of carbonyl (C=O) groups excluding carboxylic acids is 1. The predicted octanol–water partition coefficient (Wildman–Crippen LogP) is 2.05. The second-order valence-electron chi connectivity index (χ2n) is 4.35. The Morgan fingerprint density at radius 2 is 2.26 bits per heavy atom. The topological polar surface area (TPSA) is 80.9 Å². The Morgan fingerprint density at radius 1 is 1.47 bits per heavy atom. The van der Waals surface area contributed by atoms with Crippen LogP contribution in [0.3, 0.4) is 0 Å². The monoisotopic (exact) mass is 276 g/mol. The van der Waals surface area contributed by atoms with Crippen molar-refractivity contribution in [1.82, 2.24) is 9.97 Å². The molecule has 100 valence electrons. The number of anilines is 1. The van der Waals surface area contributed by atoms with Crippen molar-refractivity contribution in [3.63, 3.8) is 0 Å². The third-order valence-corrected chi connectivity index (χ3v) is 3.55. The average molecular weight is 276 g/mol. The standard InChI is InChI=1S/C13H16N4OS/c1-8-4-3-5-11(15-8)17-12(18)6-10-7-19-13(16-10)9(2)14/h3-5,7,9H,6,14H2,1-2H3,(H,15,17,18). The molecule has 0 aliphatic carbocycles. The maximum Gasteiger partial charge on any atom is 0.231 e. The van der Waals surface area contributed by atoms with E-state index in [0.29, 0.717) is 5.82 Å². The molecule has 0 saturated carbocycles. The molecule has 0 aromatic carbocycles. The molecule has 2 aromatic rings. The van der Waals surface area contributed by atoms with Crippen molar-refractivity contribution < 1.29 is 4.79 Å². The molecule has 2 rings (SSSR count). The van der Waals surface area contributed by atoms with E-state index in [0.717, 1.165) is 16.4 Å². The van der Waals surface area contributed by atoms with Gasteiger partial charge in [0.05, 0.1) is 18.2 Å². The lowest BCUT2D eigenvalue weighted by Crippen LogP contribution is -2.16. The van der Waals surface area contributed by atoms with Gasteiger partial charge in [-0.05, 0) is 26.0 Å². The van der Waals surface area contributed by atoms with Crippen molar-refractivity contribution in [3.05, 3.63) is 40.0 Å². The van der Waals surface area contributed by atoms with Gasteiger partial charge in [-0.3, -0.25) is 4.79 Å². The van der Waals surface area contributed by atoms with Crippen LogP contribution in [0.4, 0.5) is 5.82 Å². The first-order valence-electron chi connectivity index (χ1n) is 5.98. The zero-order valence-electron chi connectivity index (χ0n) is 10.9. The molecule has 2 aromatic heterocycles. The number of amides is 1. The normalized spacial score (nSPS) is 12.2. The summed E-state index contributed by atoms with van der Waals surface area (Å²) >= 11 is 1.48. The van der Waals surface area contributed by atoms with Gasteiger partial charge in [-0.1, -0.05) is 6.07 Å². The minimum absolute atomic E-state index is 0.0970. The molecule has 0 aliphatic heterocycles. The number of nitrogens with one attached hydrogen (secondary N) is 1. The lowest BCUT2D eigenvalue weighted by molar-refractivity contribution is -0.115. The number of hydrogen-bond acceptors (Lipinski definition) is 5. The van der Waals surface area contributed by atoms with Crippen LogP contribution >= 0.6 is 11.3 Å². The fraction of sp³-hybridized carbons (Fsp3) is 0.308. The number of nitrogens with zero attached hydrogens (tertiary/aromatic N) is 2. The van der Waals surface area contributed by atoms with Crippen LogP contribution < -0.4 is 11.1 Å². The predicted molar refractivity (Wildman–Crippen MR) is 76.0 cm³/mol. The number of pyridine rings is 1. The van der Waals surface area contributed by atoms with Crippen LogP contribution in [0, 0.1) is 6.92 Å². The van der Waals surface area contributed by atoms with Gasteiger partial charge < -0.3 is 11.1 Å². The van der Waals surface area contributed by atoms with Crippen molar-refractivity contribution >= 4 is 23.1 Å². The van der Waals surface area contributed by atoms with Crippen molar-refractivity contribution in [1.29, 1.82) is 0 Å². The summed E-state index contributed by atoms with van der Waals surface area (Å²) in [5.41, 5.74) is 7.34. The second-order valence-corrected chi connectivity index (χ2v) is 5.24. The van der Waals surface area contributed by atoms with E-state index in [9.17, 15) is 4.79 Å². The lowest BCUT2D eigenvalue weighted by atomic mass is 10.3. The third-order valence-electron chi connectivity index (χ3n) is 2.46. The maximum atomic E-state index is 11.9. The smallest absolute Gasteiger partial charge is 0.231 e. The lowest BCUT2D eigenvalue weighted by Gasteiger charge is -2.03. The summed E-state index contributed by atoms with van der Waals surface area (Å²) in [7, 11) is 0. The number of aromatic nitrogens is 2. The summed E-state index contributed by atoms with van der Waals surface area (Å²) in [6, 6.07) is 5.40. The van der Waals surface area contributed by atoms with E-state index in [2.05, 4.69) is 15.3 Å². The van der Waals surface area contributed by atoms with Crippen molar-refractivity contribution in [2.45, 2.75) is 26.3 Å². The molecule has 1 atom stereocenters. The molecule has 5 nitrogen and oxygen atoms in total. The number of thiazole rings is 1. The fourth-order valence-corrected chi connectivity index (χ4v) is 2.35. The zero-order chi connectivity index (χ0) is 13.8. The van der Waals surface area contributed by atoms with E-state index in [-0.39, 0.29) is 18.4 Å². The van der Waals surface area contributed by atoms with Gasteiger partial charge in [-0.15, -0.1) is 11.3 Å². The number of rotatable bonds is 4. The van der Waals surface area contributed by atoms with Gasteiger partial charge in [-0.25, -0.2) is 9.97 Å². The molecular formula is C13H16N4OS. The minimum Gasteiger partial charge on any atom is -0.322 e. The first-order valence-corrected chi connectivity index (χ1v) is 6.86. The highest BCUT2D eigenvalue weighted by molar-refractivity contribution is 7.09. The first-order chi connectivity index (χ1) is 9.04. The molecule has 6 heteroatoms. The second kappa shape index (κ2) is 5.90. The highest BCUT2D eigenvalue weighted by Gasteiger charge is 2.10. The molecule has 0 aliphatic rings. The summed E-state index contributed by atoms with van der Waals surface area (Å²) < 4.78 is 0. The quantitative estimate of drug-likeness (QED) is 0.895. The van der Waals surface area contributed by atoms with Gasteiger partial charge in [0, 0.05) is 11.1 Å². The first kappa shape index (κ1) is 13.6. The van der Waals surface area contributed by atoms with E-state index in [4.69, 9.17) is 5.73 Å². The van der Waals surface area contributed by atoms with E-state index in [1.54, 1.807) is 6.07 Å². The number of nitrogens with two attached hydrogens (primary N) is 1. The van der Waals surface area contributed by atoms with Crippen LogP contribution in [0.15, 0.2) is 23.6 Å². The maximum absolute atomic E-state index is 11.9. The Bertz CT molecular complexity index is 580. The molecule has 19 heavy (non-hydrogen) atoms. The number of hydrogen-bond donors (Lipinski definition) is 2. The molecule has 1 amide bonds. The van der Waals surface area contributed by atoms with Gasteiger partial charge in [0.25, 0.3) is 0 Å². The van der Waals surface area contributed by atoms with Crippen molar-refractivity contribution in [2.24, 2.45) is 5.73 Å². The van der Waals surface area contributed by atoms with Crippen molar-refractivity contribution in [2.75, 3.05) is 5.32 Å². The van der Waals surface area contributed by atoms with Gasteiger partial charge in [0.1, 0.15) is 10.8 Å². The van der Waals surface area contributed by atoms with Gasteiger partial charge >= 0.3 is 0 Å². The SMILES string of the molecule is Cc1cccc(NC(=O)Cc2csc(C(C)N)n2)n1. The van der Waals surface area contributed by atoms with E-state index < -0.39 is 0 Å². The molecule has 0 radical (unpaired) electrons. The van der Waals surface area contributed by atoms with Crippen LogP contribution in [0.1, 0.15) is 29.4 Å². The highest BCUT2D eigenvalue weighted by atomic mass is 32.1. The highest BCUT2D eigenvalue weighted by Crippen LogP contribution is 2.16. The molecule has 0 spiro atoms. The summed E-state index contributed by atoms with van der Waals surface area (Å²) in [5, 5.41) is 5.46. The van der Waals surface area contributed by atoms with Crippen LogP contribution in [0.25, 0.3) is 0 Å². The van der Waals surface area contributed by atoms with Gasteiger partial charge in [0.15, 0.2) is 0 Å². The molecule has 3 N–H and O–H groups in total. The summed E-state index contributed by atoms with van der Waals surface area (Å²) in [4.78, 5) is 20.4. The minimum atomic E-state index is -0.125. The van der Waals surface area contributed by atoms with Crippen LogP contribution in [0.2, 0.25) is 0 Å². The number of carbonyl (C=O) groups is 1. The van der Waals surface area contributed by atoms with E-state index >= 15 is 0 Å². The third kappa shape index (κ3) is 3.84.